The van der Waals surface area contributed by atoms with E-state index in [1.807, 2.05) is 38.1 Å². The lowest BCUT2D eigenvalue weighted by molar-refractivity contribution is -0.117. The molecule has 160 valence electrons. The Bertz CT molecular complexity index is 1410. The summed E-state index contributed by atoms with van der Waals surface area (Å²) in [6.07, 6.45) is 1.47. The number of fused-ring (bicyclic) bond motifs is 1. The summed E-state index contributed by atoms with van der Waals surface area (Å²) in [5, 5.41) is 11.6. The normalized spacial score (nSPS) is 16.4. The van der Waals surface area contributed by atoms with Crippen LogP contribution in [0.4, 0.5) is 5.69 Å². The van der Waals surface area contributed by atoms with Crippen molar-refractivity contribution in [3.8, 4) is 0 Å². The number of rotatable bonds is 4. The lowest BCUT2D eigenvalue weighted by Crippen LogP contribution is -2.31. The maximum atomic E-state index is 13.5. The summed E-state index contributed by atoms with van der Waals surface area (Å²) < 4.78 is 12.2. The number of nitrogens with zero attached hydrogens (tertiary/aromatic N) is 1. The molecule has 1 aliphatic heterocycles. The molecule has 5 rings (SSSR count). The molecule has 0 saturated carbocycles. The van der Waals surface area contributed by atoms with E-state index in [9.17, 15) is 14.7 Å². The summed E-state index contributed by atoms with van der Waals surface area (Å²) in [5.41, 5.74) is 2.91. The lowest BCUT2D eigenvalue weighted by atomic mass is 9.98. The quantitative estimate of drug-likeness (QED) is 0.344. The molecule has 0 radical (unpaired) electrons. The number of Topliss-reactive ketones (excluding diaryl/α,β-unsaturated/α-hetero) is 1. The van der Waals surface area contributed by atoms with Crippen molar-refractivity contribution in [1.82, 2.24) is 0 Å². The zero-order valence-corrected chi connectivity index (χ0v) is 18.8. The predicted molar refractivity (Wildman–Crippen MR) is 123 cm³/mol. The fourth-order valence-corrected chi connectivity index (χ4v) is 4.52. The average Bonchev–Trinajstić information content (AvgIpc) is 3.47. The molecule has 1 aliphatic rings. The number of anilines is 1. The third-order valence-electron chi connectivity index (χ3n) is 5.58. The topological polar surface area (TPSA) is 83.9 Å². The first-order chi connectivity index (χ1) is 15.3. The second-order valence-electron chi connectivity index (χ2n) is 7.77. The van der Waals surface area contributed by atoms with Gasteiger partial charge in [0.25, 0.3) is 5.91 Å². The third-order valence-corrected chi connectivity index (χ3v) is 6.07. The van der Waals surface area contributed by atoms with E-state index in [-0.39, 0.29) is 11.3 Å². The Morgan fingerprint density at radius 1 is 1.09 bits per heavy atom. The van der Waals surface area contributed by atoms with Gasteiger partial charge in [0.15, 0.2) is 11.5 Å². The van der Waals surface area contributed by atoms with Gasteiger partial charge in [-0.2, -0.15) is 0 Å². The van der Waals surface area contributed by atoms with E-state index in [4.69, 9.17) is 8.83 Å². The Hall–Kier alpha value is -3.58. The molecule has 1 unspecified atom stereocenters. The van der Waals surface area contributed by atoms with Gasteiger partial charge in [0.1, 0.15) is 17.4 Å². The van der Waals surface area contributed by atoms with Crippen LogP contribution in [0.5, 0.6) is 0 Å². The van der Waals surface area contributed by atoms with Crippen LogP contribution >= 0.6 is 15.9 Å². The highest BCUT2D eigenvalue weighted by Crippen LogP contribution is 2.43. The van der Waals surface area contributed by atoms with Crippen molar-refractivity contribution in [2.45, 2.75) is 19.9 Å². The van der Waals surface area contributed by atoms with Crippen molar-refractivity contribution in [2.75, 3.05) is 4.90 Å². The average molecular weight is 492 g/mol. The van der Waals surface area contributed by atoms with E-state index >= 15 is 0 Å². The molecule has 0 bridgehead atoms. The summed E-state index contributed by atoms with van der Waals surface area (Å²) in [6, 6.07) is 15.0. The summed E-state index contributed by atoms with van der Waals surface area (Å²) in [4.78, 5) is 28.1. The molecule has 2 aromatic heterocycles. The fourth-order valence-electron chi connectivity index (χ4n) is 4.14. The summed E-state index contributed by atoms with van der Waals surface area (Å²) in [6.45, 7) is 3.83. The van der Waals surface area contributed by atoms with Crippen molar-refractivity contribution in [3.63, 3.8) is 0 Å². The molecule has 0 spiro atoms. The number of aryl methyl sites for hydroxylation is 2. The zero-order chi connectivity index (χ0) is 22.6. The maximum absolute atomic E-state index is 13.5. The Balaban J connectivity index is 1.65. The van der Waals surface area contributed by atoms with E-state index in [1.54, 1.807) is 30.3 Å². The molecule has 2 aromatic carbocycles. The number of ketones is 1. The van der Waals surface area contributed by atoms with Gasteiger partial charge in [0, 0.05) is 15.5 Å². The van der Waals surface area contributed by atoms with Crippen LogP contribution in [-0.4, -0.2) is 16.8 Å². The predicted octanol–water partition coefficient (Wildman–Crippen LogP) is 6.19. The molecule has 32 heavy (non-hydrogen) atoms. The van der Waals surface area contributed by atoms with Crippen molar-refractivity contribution in [3.05, 3.63) is 99.3 Å². The molecule has 3 heterocycles. The molecule has 7 heteroatoms. The minimum absolute atomic E-state index is 0.0338. The summed E-state index contributed by atoms with van der Waals surface area (Å²) >= 11 is 3.40. The largest absolute Gasteiger partial charge is 0.503 e. The van der Waals surface area contributed by atoms with Crippen LogP contribution in [0.3, 0.4) is 0 Å². The Morgan fingerprint density at radius 3 is 2.62 bits per heavy atom. The number of benzene rings is 2. The van der Waals surface area contributed by atoms with E-state index in [2.05, 4.69) is 15.9 Å². The number of aliphatic hydroxyl groups is 1. The van der Waals surface area contributed by atoms with Crippen molar-refractivity contribution < 1.29 is 23.5 Å². The number of hydrogen-bond donors (Lipinski definition) is 1. The van der Waals surface area contributed by atoms with Crippen LogP contribution in [0.2, 0.25) is 0 Å². The Kier molecular flexibility index (Phi) is 4.78. The van der Waals surface area contributed by atoms with E-state index in [0.29, 0.717) is 17.0 Å². The van der Waals surface area contributed by atoms with Crippen LogP contribution in [-0.2, 0) is 4.79 Å². The number of carbonyl (C=O) groups excluding carboxylic acids is 2. The number of halogens is 1. The first-order valence-corrected chi connectivity index (χ1v) is 10.8. The first kappa shape index (κ1) is 20.3. The highest BCUT2D eigenvalue weighted by molar-refractivity contribution is 9.10. The number of aliphatic hydroxyl groups excluding tert-OH is 1. The molecule has 1 atom stereocenters. The SMILES string of the molecule is Cc1ccc(N2C(=O)C(O)=C(C(=O)c3cc4cc(Br)ccc4o3)C2c2ccco2)c(C)c1. The van der Waals surface area contributed by atoms with E-state index < -0.39 is 23.5 Å². The van der Waals surface area contributed by atoms with Gasteiger partial charge >= 0.3 is 0 Å². The van der Waals surface area contributed by atoms with Crippen LogP contribution < -0.4 is 4.90 Å². The highest BCUT2D eigenvalue weighted by Gasteiger charge is 2.47. The van der Waals surface area contributed by atoms with Crippen molar-refractivity contribution >= 4 is 44.3 Å². The van der Waals surface area contributed by atoms with Crippen molar-refractivity contribution in [2.24, 2.45) is 0 Å². The lowest BCUT2D eigenvalue weighted by Gasteiger charge is -2.26. The van der Waals surface area contributed by atoms with Crippen molar-refractivity contribution in [1.29, 1.82) is 0 Å². The van der Waals surface area contributed by atoms with Crippen LogP contribution in [0, 0.1) is 13.8 Å². The highest BCUT2D eigenvalue weighted by atomic mass is 79.9. The van der Waals surface area contributed by atoms with Gasteiger partial charge in [-0.15, -0.1) is 0 Å². The Morgan fingerprint density at radius 2 is 1.91 bits per heavy atom. The smallest absolute Gasteiger partial charge is 0.294 e. The third kappa shape index (κ3) is 3.17. The van der Waals surface area contributed by atoms with E-state index in [0.717, 1.165) is 21.0 Å². The van der Waals surface area contributed by atoms with Gasteiger partial charge in [-0.1, -0.05) is 33.6 Å². The number of hydrogen-bond acceptors (Lipinski definition) is 5. The molecular formula is C25H18BrNO5. The molecular weight excluding hydrogens is 474 g/mol. The first-order valence-electron chi connectivity index (χ1n) is 9.96. The molecule has 0 fully saturated rings. The Labute approximate surface area is 191 Å². The van der Waals surface area contributed by atoms with Crippen LogP contribution in [0.25, 0.3) is 11.0 Å². The zero-order valence-electron chi connectivity index (χ0n) is 17.3. The summed E-state index contributed by atoms with van der Waals surface area (Å²) in [7, 11) is 0. The van der Waals surface area contributed by atoms with Gasteiger partial charge in [0.05, 0.1) is 11.8 Å². The molecule has 0 saturated heterocycles. The standard InChI is InChI=1S/C25H18BrNO5/c1-13-5-7-17(14(2)10-13)27-22(19-4-3-9-31-19)21(24(29)25(27)30)23(28)20-12-15-11-16(26)6-8-18(15)32-20/h3-12,22,29H,1-2H3. The fraction of sp³-hybridized carbons (Fsp3) is 0.120. The number of amides is 1. The monoisotopic (exact) mass is 491 g/mol. The number of furan rings is 2. The van der Waals surface area contributed by atoms with Crippen LogP contribution in [0.15, 0.2) is 85.5 Å². The molecule has 1 amide bonds. The minimum Gasteiger partial charge on any atom is -0.503 e. The number of carbonyl (C=O) groups is 2. The van der Waals surface area contributed by atoms with Gasteiger partial charge in [-0.25, -0.2) is 0 Å². The second-order valence-corrected chi connectivity index (χ2v) is 8.68. The maximum Gasteiger partial charge on any atom is 0.294 e. The van der Waals surface area contributed by atoms with Crippen LogP contribution in [0.1, 0.15) is 33.5 Å². The second kappa shape index (κ2) is 7.53. The van der Waals surface area contributed by atoms with Gasteiger partial charge in [0.2, 0.25) is 5.78 Å². The molecule has 1 N–H and O–H groups in total. The van der Waals surface area contributed by atoms with Gasteiger partial charge in [-0.05, 0) is 61.9 Å². The van der Waals surface area contributed by atoms with E-state index in [1.165, 1.54) is 11.2 Å². The molecule has 6 nitrogen and oxygen atoms in total. The van der Waals surface area contributed by atoms with Gasteiger partial charge < -0.3 is 13.9 Å². The van der Waals surface area contributed by atoms with Gasteiger partial charge in [-0.3, -0.25) is 14.5 Å². The molecule has 0 aliphatic carbocycles. The minimum atomic E-state index is -0.925. The summed E-state index contributed by atoms with van der Waals surface area (Å²) in [5.74, 6) is -1.45. The molecule has 4 aromatic rings.